The summed E-state index contributed by atoms with van der Waals surface area (Å²) in [5, 5.41) is 9.31. The van der Waals surface area contributed by atoms with Gasteiger partial charge in [0.1, 0.15) is 5.75 Å². The van der Waals surface area contributed by atoms with Crippen LogP contribution in [-0.4, -0.2) is 7.11 Å². The molecule has 0 saturated heterocycles. The predicted molar refractivity (Wildman–Crippen MR) is 67.9 cm³/mol. The third-order valence-electron chi connectivity index (χ3n) is 3.70. The van der Waals surface area contributed by atoms with Gasteiger partial charge in [0.2, 0.25) is 0 Å². The molecule has 1 aliphatic carbocycles. The van der Waals surface area contributed by atoms with E-state index >= 15 is 0 Å². The minimum absolute atomic E-state index is 0.0215. The third-order valence-corrected chi connectivity index (χ3v) is 3.70. The van der Waals surface area contributed by atoms with Crippen LogP contribution in [0.5, 0.6) is 5.75 Å². The molecule has 17 heavy (non-hydrogen) atoms. The molecule has 0 amide bonds. The smallest absolute Gasteiger partial charge is 0.119 e. The lowest BCUT2D eigenvalue weighted by Gasteiger charge is -2.15. The van der Waals surface area contributed by atoms with Crippen LogP contribution in [0, 0.1) is 17.2 Å². The number of rotatable bonds is 4. The van der Waals surface area contributed by atoms with Crippen molar-refractivity contribution in [2.24, 2.45) is 5.92 Å². The number of nitriles is 1. The first kappa shape index (κ1) is 12.0. The van der Waals surface area contributed by atoms with Gasteiger partial charge in [0, 0.05) is 0 Å². The van der Waals surface area contributed by atoms with E-state index in [-0.39, 0.29) is 5.92 Å². The highest BCUT2D eigenvalue weighted by atomic mass is 16.5. The number of benzene rings is 1. The number of hydrogen-bond acceptors (Lipinski definition) is 2. The van der Waals surface area contributed by atoms with Gasteiger partial charge in [-0.3, -0.25) is 0 Å². The van der Waals surface area contributed by atoms with Gasteiger partial charge in [-0.1, -0.05) is 37.8 Å². The van der Waals surface area contributed by atoms with E-state index in [9.17, 15) is 5.26 Å². The predicted octanol–water partition coefficient (Wildman–Crippen LogP) is 3.88. The van der Waals surface area contributed by atoms with Crippen molar-refractivity contribution in [3.8, 4) is 11.8 Å². The first-order valence-corrected chi connectivity index (χ1v) is 6.37. The zero-order chi connectivity index (χ0) is 12.1. The minimum Gasteiger partial charge on any atom is -0.497 e. The highest BCUT2D eigenvalue weighted by molar-refractivity contribution is 5.33. The number of methoxy groups -OCH3 is 1. The van der Waals surface area contributed by atoms with Crippen molar-refractivity contribution < 1.29 is 4.74 Å². The molecule has 0 heterocycles. The molecule has 0 N–H and O–H groups in total. The molecule has 2 nitrogen and oxygen atoms in total. The molecule has 90 valence electrons. The average molecular weight is 229 g/mol. The standard InChI is InChI=1S/C15H19NO/c1-17-15-8-4-7-13(10-15)14(11-16)9-12-5-2-3-6-12/h4,7-8,10,12,14H,2-3,5-6,9H2,1H3/t14-/m0/s1. The molecule has 1 aromatic rings. The van der Waals surface area contributed by atoms with E-state index in [1.165, 1.54) is 25.7 Å². The second-order valence-corrected chi connectivity index (χ2v) is 4.84. The zero-order valence-electron chi connectivity index (χ0n) is 10.4. The van der Waals surface area contributed by atoms with Crippen LogP contribution in [0.25, 0.3) is 0 Å². The maximum Gasteiger partial charge on any atom is 0.119 e. The third kappa shape index (κ3) is 3.00. The van der Waals surface area contributed by atoms with E-state index in [1.807, 2.05) is 24.3 Å². The van der Waals surface area contributed by atoms with Crippen LogP contribution in [0.15, 0.2) is 24.3 Å². The van der Waals surface area contributed by atoms with E-state index in [0.29, 0.717) is 0 Å². The van der Waals surface area contributed by atoms with E-state index < -0.39 is 0 Å². The average Bonchev–Trinajstić information content (AvgIpc) is 2.89. The highest BCUT2D eigenvalue weighted by Crippen LogP contribution is 2.34. The Morgan fingerprint density at radius 2 is 2.18 bits per heavy atom. The molecule has 0 radical (unpaired) electrons. The van der Waals surface area contributed by atoms with Crippen molar-refractivity contribution in [2.75, 3.05) is 7.11 Å². The lowest BCUT2D eigenvalue weighted by Crippen LogP contribution is -2.03. The fourth-order valence-electron chi connectivity index (χ4n) is 2.70. The van der Waals surface area contributed by atoms with E-state index in [4.69, 9.17) is 4.74 Å². The lowest BCUT2D eigenvalue weighted by atomic mass is 9.89. The largest absolute Gasteiger partial charge is 0.497 e. The minimum atomic E-state index is 0.0215. The molecule has 1 fully saturated rings. The van der Waals surface area contributed by atoms with Crippen LogP contribution >= 0.6 is 0 Å². The molecular weight excluding hydrogens is 210 g/mol. The summed E-state index contributed by atoms with van der Waals surface area (Å²) in [6.45, 7) is 0. The molecular formula is C15H19NO. The van der Waals surface area contributed by atoms with E-state index in [1.54, 1.807) is 7.11 Å². The Bertz CT molecular complexity index is 402. The Morgan fingerprint density at radius 3 is 2.82 bits per heavy atom. The second kappa shape index (κ2) is 5.72. The summed E-state index contributed by atoms with van der Waals surface area (Å²) in [4.78, 5) is 0. The summed E-state index contributed by atoms with van der Waals surface area (Å²) in [6.07, 6.45) is 6.26. The summed E-state index contributed by atoms with van der Waals surface area (Å²) < 4.78 is 5.21. The second-order valence-electron chi connectivity index (χ2n) is 4.84. The summed E-state index contributed by atoms with van der Waals surface area (Å²) in [5.74, 6) is 1.60. The van der Waals surface area contributed by atoms with Crippen molar-refractivity contribution >= 4 is 0 Å². The van der Waals surface area contributed by atoms with Gasteiger partial charge in [-0.15, -0.1) is 0 Å². The molecule has 2 heteroatoms. The molecule has 2 rings (SSSR count). The molecule has 0 aliphatic heterocycles. The van der Waals surface area contributed by atoms with E-state index in [0.717, 1.165) is 23.7 Å². The molecule has 0 bridgehead atoms. The monoisotopic (exact) mass is 229 g/mol. The quantitative estimate of drug-likeness (QED) is 0.784. The summed E-state index contributed by atoms with van der Waals surface area (Å²) in [5.41, 5.74) is 1.10. The maximum atomic E-state index is 9.31. The molecule has 0 spiro atoms. The van der Waals surface area contributed by atoms with Crippen LogP contribution in [0.3, 0.4) is 0 Å². The van der Waals surface area contributed by atoms with Gasteiger partial charge < -0.3 is 4.74 Å². The maximum absolute atomic E-state index is 9.31. The van der Waals surface area contributed by atoms with E-state index in [2.05, 4.69) is 6.07 Å². The number of hydrogen-bond donors (Lipinski definition) is 0. The van der Waals surface area contributed by atoms with Crippen molar-refractivity contribution in [3.05, 3.63) is 29.8 Å². The summed E-state index contributed by atoms with van der Waals surface area (Å²) in [7, 11) is 1.66. The molecule has 1 atom stereocenters. The topological polar surface area (TPSA) is 33.0 Å². The van der Waals surface area contributed by atoms with Crippen LogP contribution in [0.4, 0.5) is 0 Å². The first-order valence-electron chi connectivity index (χ1n) is 6.37. The van der Waals surface area contributed by atoms with Gasteiger partial charge in [-0.05, 0) is 30.0 Å². The van der Waals surface area contributed by atoms with Gasteiger partial charge >= 0.3 is 0 Å². The Labute approximate surface area is 103 Å². The molecule has 1 aliphatic rings. The van der Waals surface area contributed by atoms with Gasteiger partial charge in [-0.2, -0.15) is 5.26 Å². The number of nitrogens with zero attached hydrogens (tertiary/aromatic N) is 1. The molecule has 1 saturated carbocycles. The first-order chi connectivity index (χ1) is 8.33. The van der Waals surface area contributed by atoms with Crippen LogP contribution in [0.2, 0.25) is 0 Å². The van der Waals surface area contributed by atoms with Crippen LogP contribution in [0.1, 0.15) is 43.6 Å². The van der Waals surface area contributed by atoms with Gasteiger partial charge in [0.05, 0.1) is 19.1 Å². The van der Waals surface area contributed by atoms with Gasteiger partial charge in [0.15, 0.2) is 0 Å². The van der Waals surface area contributed by atoms with Crippen molar-refractivity contribution in [2.45, 2.75) is 38.0 Å². The zero-order valence-corrected chi connectivity index (χ0v) is 10.4. The van der Waals surface area contributed by atoms with Crippen LogP contribution < -0.4 is 4.74 Å². The van der Waals surface area contributed by atoms with Gasteiger partial charge in [-0.25, -0.2) is 0 Å². The molecule has 0 aromatic heterocycles. The Hall–Kier alpha value is -1.49. The molecule has 0 unspecified atom stereocenters. The lowest BCUT2D eigenvalue weighted by molar-refractivity contribution is 0.413. The Kier molecular flexibility index (Phi) is 4.03. The summed E-state index contributed by atoms with van der Waals surface area (Å²) >= 11 is 0. The summed E-state index contributed by atoms with van der Waals surface area (Å²) in [6, 6.07) is 10.4. The Morgan fingerprint density at radius 1 is 1.41 bits per heavy atom. The fourth-order valence-corrected chi connectivity index (χ4v) is 2.70. The SMILES string of the molecule is COc1cccc([C@H](C#N)CC2CCCC2)c1. The molecule has 1 aromatic carbocycles. The highest BCUT2D eigenvalue weighted by Gasteiger charge is 2.21. The fraction of sp³-hybridized carbons (Fsp3) is 0.533. The van der Waals surface area contributed by atoms with Crippen molar-refractivity contribution in [1.29, 1.82) is 5.26 Å². The van der Waals surface area contributed by atoms with Gasteiger partial charge in [0.25, 0.3) is 0 Å². The van der Waals surface area contributed by atoms with Crippen LogP contribution in [-0.2, 0) is 0 Å². The van der Waals surface area contributed by atoms with Crippen molar-refractivity contribution in [3.63, 3.8) is 0 Å². The number of ether oxygens (including phenoxy) is 1. The van der Waals surface area contributed by atoms with Crippen molar-refractivity contribution in [1.82, 2.24) is 0 Å². The Balaban J connectivity index is 2.08. The normalized spacial score (nSPS) is 17.6.